The highest BCUT2D eigenvalue weighted by molar-refractivity contribution is 6.24. The standard InChI is InChI=1S/C26H23FN2O6/c1-32-19-14-13-16(22(33-2)23(19)34-3)21-20-24(35-29(21)15-9-5-4-6-10-15)26(31)28(25(20)30)18-12-8-7-11-17(18)27/h4-14,20-21,24H,1-3H3. The van der Waals surface area contributed by atoms with Crippen molar-refractivity contribution in [2.75, 3.05) is 31.3 Å². The van der Waals surface area contributed by atoms with Crippen LogP contribution >= 0.6 is 0 Å². The summed E-state index contributed by atoms with van der Waals surface area (Å²) < 4.78 is 31.2. The molecule has 3 aromatic rings. The molecule has 3 atom stereocenters. The number of amides is 2. The van der Waals surface area contributed by atoms with Gasteiger partial charge >= 0.3 is 0 Å². The molecule has 0 aliphatic carbocycles. The predicted molar refractivity (Wildman–Crippen MR) is 125 cm³/mol. The normalized spacial score (nSPS) is 21.3. The second-order valence-corrected chi connectivity index (χ2v) is 8.04. The minimum atomic E-state index is -1.15. The van der Waals surface area contributed by atoms with E-state index in [4.69, 9.17) is 19.0 Å². The first kappa shape index (κ1) is 22.7. The van der Waals surface area contributed by atoms with Gasteiger partial charge in [0, 0.05) is 5.56 Å². The number of imide groups is 1. The van der Waals surface area contributed by atoms with Gasteiger partial charge < -0.3 is 14.2 Å². The third kappa shape index (κ3) is 3.47. The summed E-state index contributed by atoms with van der Waals surface area (Å²) in [5.41, 5.74) is 1.09. The number of carbonyl (C=O) groups is 2. The average Bonchev–Trinajstić information content (AvgIpc) is 3.39. The number of hydrogen-bond acceptors (Lipinski definition) is 7. The minimum absolute atomic E-state index is 0.107. The van der Waals surface area contributed by atoms with Gasteiger partial charge in [-0.05, 0) is 36.4 Å². The molecule has 0 N–H and O–H groups in total. The number of methoxy groups -OCH3 is 3. The molecule has 8 nitrogen and oxygen atoms in total. The maximum Gasteiger partial charge on any atom is 0.266 e. The van der Waals surface area contributed by atoms with E-state index in [1.54, 1.807) is 18.2 Å². The quantitative estimate of drug-likeness (QED) is 0.498. The zero-order valence-corrected chi connectivity index (χ0v) is 19.3. The Labute approximate surface area is 201 Å². The molecule has 180 valence electrons. The van der Waals surface area contributed by atoms with Crippen molar-refractivity contribution in [3.8, 4) is 17.2 Å². The van der Waals surface area contributed by atoms with Crippen molar-refractivity contribution in [1.29, 1.82) is 0 Å². The van der Waals surface area contributed by atoms with Crippen LogP contribution in [0.2, 0.25) is 0 Å². The second-order valence-electron chi connectivity index (χ2n) is 8.04. The lowest BCUT2D eigenvalue weighted by Gasteiger charge is -2.30. The molecule has 5 rings (SSSR count). The highest BCUT2D eigenvalue weighted by atomic mass is 19.1. The van der Waals surface area contributed by atoms with E-state index in [0.29, 0.717) is 28.5 Å². The summed E-state index contributed by atoms with van der Waals surface area (Å²) in [4.78, 5) is 34.1. The molecule has 2 amide bonds. The summed E-state index contributed by atoms with van der Waals surface area (Å²) in [5.74, 6) is -1.71. The van der Waals surface area contributed by atoms with Crippen molar-refractivity contribution in [2.45, 2.75) is 12.1 Å². The summed E-state index contributed by atoms with van der Waals surface area (Å²) in [6.07, 6.45) is -1.15. The van der Waals surface area contributed by atoms with Crippen LogP contribution in [0.3, 0.4) is 0 Å². The molecular weight excluding hydrogens is 455 g/mol. The van der Waals surface area contributed by atoms with Gasteiger partial charge in [0.1, 0.15) is 17.8 Å². The first-order valence-corrected chi connectivity index (χ1v) is 10.9. The van der Waals surface area contributed by atoms with Crippen LogP contribution in [0.15, 0.2) is 66.7 Å². The van der Waals surface area contributed by atoms with Crippen molar-refractivity contribution >= 4 is 23.2 Å². The Morgan fingerprint density at radius 2 is 1.49 bits per heavy atom. The van der Waals surface area contributed by atoms with Crippen molar-refractivity contribution in [2.24, 2.45) is 5.92 Å². The van der Waals surface area contributed by atoms with Crippen LogP contribution in [0.1, 0.15) is 11.6 Å². The number of para-hydroxylation sites is 2. The molecule has 9 heteroatoms. The molecule has 2 aliphatic heterocycles. The number of hydroxylamine groups is 1. The molecular formula is C26H23FN2O6. The third-order valence-corrected chi connectivity index (χ3v) is 6.27. The van der Waals surface area contributed by atoms with E-state index in [9.17, 15) is 14.0 Å². The fourth-order valence-corrected chi connectivity index (χ4v) is 4.76. The molecule has 0 saturated carbocycles. The van der Waals surface area contributed by atoms with E-state index >= 15 is 0 Å². The predicted octanol–water partition coefficient (Wildman–Crippen LogP) is 3.90. The number of ether oxygens (including phenoxy) is 3. The molecule has 2 aliphatic rings. The molecule has 35 heavy (non-hydrogen) atoms. The maximum atomic E-state index is 14.6. The molecule has 0 bridgehead atoms. The number of halogens is 1. The minimum Gasteiger partial charge on any atom is -0.493 e. The van der Waals surface area contributed by atoms with Gasteiger partial charge in [0.05, 0.1) is 32.7 Å². The van der Waals surface area contributed by atoms with Crippen LogP contribution in [0.25, 0.3) is 0 Å². The zero-order chi connectivity index (χ0) is 24.7. The number of fused-ring (bicyclic) bond motifs is 1. The fraction of sp³-hybridized carbons (Fsp3) is 0.231. The van der Waals surface area contributed by atoms with E-state index < -0.39 is 35.7 Å². The molecule has 0 aromatic heterocycles. The monoisotopic (exact) mass is 478 g/mol. The molecule has 2 saturated heterocycles. The Hall–Kier alpha value is -4.11. The molecule has 2 fully saturated rings. The van der Waals surface area contributed by atoms with Crippen LogP contribution in [0.4, 0.5) is 15.8 Å². The number of hydrogen-bond donors (Lipinski definition) is 0. The lowest BCUT2D eigenvalue weighted by molar-refractivity contribution is -0.126. The van der Waals surface area contributed by atoms with Gasteiger partial charge in [0.15, 0.2) is 17.6 Å². The summed E-state index contributed by atoms with van der Waals surface area (Å²) >= 11 is 0. The van der Waals surface area contributed by atoms with Crippen LogP contribution in [-0.4, -0.2) is 39.2 Å². The molecule has 3 aromatic carbocycles. The van der Waals surface area contributed by atoms with Gasteiger partial charge in [0.25, 0.3) is 5.91 Å². The van der Waals surface area contributed by atoms with E-state index in [-0.39, 0.29) is 5.69 Å². The zero-order valence-electron chi connectivity index (χ0n) is 19.3. The Bertz CT molecular complexity index is 1280. The SMILES string of the molecule is COc1ccc(C2C3C(=O)N(c4ccccc4F)C(=O)C3ON2c2ccccc2)c(OC)c1OC. The molecule has 0 spiro atoms. The highest BCUT2D eigenvalue weighted by Gasteiger charge is 2.61. The highest BCUT2D eigenvalue weighted by Crippen LogP contribution is 2.52. The Morgan fingerprint density at radius 1 is 0.800 bits per heavy atom. The summed E-state index contributed by atoms with van der Waals surface area (Å²) in [6, 6.07) is 17.5. The first-order chi connectivity index (χ1) is 17.0. The third-order valence-electron chi connectivity index (χ3n) is 6.27. The number of rotatable bonds is 6. The Morgan fingerprint density at radius 3 is 2.14 bits per heavy atom. The van der Waals surface area contributed by atoms with Crippen molar-refractivity contribution in [1.82, 2.24) is 0 Å². The number of carbonyl (C=O) groups excluding carboxylic acids is 2. The molecule has 3 unspecified atom stereocenters. The van der Waals surface area contributed by atoms with E-state index in [1.165, 1.54) is 44.6 Å². The fourth-order valence-electron chi connectivity index (χ4n) is 4.76. The van der Waals surface area contributed by atoms with Gasteiger partial charge in [-0.3, -0.25) is 14.4 Å². The summed E-state index contributed by atoms with van der Waals surface area (Å²) in [6.45, 7) is 0. The van der Waals surface area contributed by atoms with Crippen molar-refractivity contribution < 1.29 is 33.0 Å². The number of benzene rings is 3. The Balaban J connectivity index is 1.67. The second kappa shape index (κ2) is 8.92. The van der Waals surface area contributed by atoms with Crippen molar-refractivity contribution in [3.05, 3.63) is 78.1 Å². The van der Waals surface area contributed by atoms with Gasteiger partial charge in [-0.2, -0.15) is 0 Å². The van der Waals surface area contributed by atoms with E-state index in [0.717, 1.165) is 4.90 Å². The van der Waals surface area contributed by atoms with Gasteiger partial charge in [-0.15, -0.1) is 0 Å². The van der Waals surface area contributed by atoms with E-state index in [1.807, 2.05) is 30.3 Å². The summed E-state index contributed by atoms with van der Waals surface area (Å²) in [5, 5.41) is 1.54. The maximum absolute atomic E-state index is 14.6. The largest absolute Gasteiger partial charge is 0.493 e. The molecule has 2 heterocycles. The smallest absolute Gasteiger partial charge is 0.266 e. The van der Waals surface area contributed by atoms with Gasteiger partial charge in [-0.25, -0.2) is 14.4 Å². The van der Waals surface area contributed by atoms with Gasteiger partial charge in [0.2, 0.25) is 11.7 Å². The van der Waals surface area contributed by atoms with Crippen LogP contribution in [0, 0.1) is 11.7 Å². The van der Waals surface area contributed by atoms with Crippen molar-refractivity contribution in [3.63, 3.8) is 0 Å². The van der Waals surface area contributed by atoms with E-state index in [2.05, 4.69) is 0 Å². The average molecular weight is 478 g/mol. The van der Waals surface area contributed by atoms with Gasteiger partial charge in [-0.1, -0.05) is 30.3 Å². The molecule has 0 radical (unpaired) electrons. The van der Waals surface area contributed by atoms with Crippen LogP contribution in [-0.2, 0) is 14.4 Å². The van der Waals surface area contributed by atoms with Crippen LogP contribution in [0.5, 0.6) is 17.2 Å². The lowest BCUT2D eigenvalue weighted by Crippen LogP contribution is -2.38. The number of anilines is 2. The first-order valence-electron chi connectivity index (χ1n) is 10.9. The Kier molecular flexibility index (Phi) is 5.78. The van der Waals surface area contributed by atoms with Crippen LogP contribution < -0.4 is 24.2 Å². The topological polar surface area (TPSA) is 77.5 Å². The lowest BCUT2D eigenvalue weighted by atomic mass is 9.89. The number of nitrogens with zero attached hydrogens (tertiary/aromatic N) is 2. The summed E-state index contributed by atoms with van der Waals surface area (Å²) in [7, 11) is 4.47.